The van der Waals surface area contributed by atoms with Gasteiger partial charge in [-0.05, 0) is 38.5 Å². The Bertz CT molecular complexity index is 501. The van der Waals surface area contributed by atoms with Gasteiger partial charge in [-0.2, -0.15) is 0 Å². The summed E-state index contributed by atoms with van der Waals surface area (Å²) < 4.78 is 12.6. The van der Waals surface area contributed by atoms with Gasteiger partial charge in [-0.15, -0.1) is 0 Å². The summed E-state index contributed by atoms with van der Waals surface area (Å²) in [7, 11) is 3.64. The zero-order valence-electron chi connectivity index (χ0n) is 23.9. The molecule has 34 heavy (non-hydrogen) atoms. The first-order chi connectivity index (χ1) is 16.3. The highest BCUT2D eigenvalue weighted by Crippen LogP contribution is 2.45. The lowest BCUT2D eigenvalue weighted by molar-refractivity contribution is -0.910. The summed E-state index contributed by atoms with van der Waals surface area (Å²) in [5.41, 5.74) is 0. The molecule has 0 radical (unpaired) electrons. The first-order valence-corrected chi connectivity index (χ1v) is 16.1. The maximum atomic E-state index is 12.1. The molecular formula is C30H61NO2P+. The molecule has 0 aliphatic rings. The van der Waals surface area contributed by atoms with E-state index in [0.29, 0.717) is 4.48 Å². The smallest absolute Gasteiger partial charge is 0.376 e. The fourth-order valence-corrected chi connectivity index (χ4v) is 6.40. The zero-order chi connectivity index (χ0) is 25.5. The van der Waals surface area contributed by atoms with E-state index in [-0.39, 0.29) is 0 Å². The summed E-state index contributed by atoms with van der Waals surface area (Å²) in [6.45, 7) is 4.38. The molecule has 0 aliphatic heterocycles. The van der Waals surface area contributed by atoms with Crippen LogP contribution in [0.3, 0.4) is 0 Å². The normalized spacial score (nSPS) is 14.6. The van der Waals surface area contributed by atoms with Gasteiger partial charge in [0.25, 0.3) is 5.28 Å². The van der Waals surface area contributed by atoms with Crippen LogP contribution in [0.5, 0.6) is 0 Å². The number of hydrogen-bond acceptors (Lipinski definition) is 2. The van der Waals surface area contributed by atoms with Crippen LogP contribution in [0.25, 0.3) is 0 Å². The number of nitrogens with zero attached hydrogens (tertiary/aromatic N) is 1. The average Bonchev–Trinajstić information content (AvgIpc) is 2.78. The summed E-state index contributed by atoms with van der Waals surface area (Å²) in [6, 6.07) is 0. The number of allylic oxidation sites excluding steroid dienone is 2. The third-order valence-electron chi connectivity index (χ3n) is 7.58. The van der Waals surface area contributed by atoms with Crippen LogP contribution < -0.4 is 4.89 Å². The predicted molar refractivity (Wildman–Crippen MR) is 150 cm³/mol. The minimum absolute atomic E-state index is 0.509. The highest BCUT2D eigenvalue weighted by molar-refractivity contribution is 7.38. The Morgan fingerprint density at radius 1 is 0.588 bits per heavy atom. The topological polar surface area (TPSA) is 40.1 Å². The highest BCUT2D eigenvalue weighted by atomic mass is 31.1. The van der Waals surface area contributed by atoms with Crippen LogP contribution in [0, 0.1) is 0 Å². The Balaban J connectivity index is 3.59. The van der Waals surface area contributed by atoms with E-state index in [4.69, 9.17) is 0 Å². The van der Waals surface area contributed by atoms with Crippen LogP contribution in [0.4, 0.5) is 0 Å². The quantitative estimate of drug-likeness (QED) is 0.0544. The van der Waals surface area contributed by atoms with E-state index in [0.717, 1.165) is 38.5 Å². The molecule has 0 saturated carbocycles. The fraction of sp³-hybridized carbons (Fsp3) is 0.933. The van der Waals surface area contributed by atoms with Gasteiger partial charge in [0, 0.05) is 12.8 Å². The van der Waals surface area contributed by atoms with Crippen molar-refractivity contribution >= 4 is 8.03 Å². The van der Waals surface area contributed by atoms with E-state index in [2.05, 4.69) is 26.0 Å². The Kier molecular flexibility index (Phi) is 21.8. The van der Waals surface area contributed by atoms with Crippen LogP contribution >= 0.6 is 8.03 Å². The number of rotatable bonds is 25. The summed E-state index contributed by atoms with van der Waals surface area (Å²) in [6.07, 6.45) is 32.7. The van der Waals surface area contributed by atoms with Gasteiger partial charge in [-0.25, -0.2) is 0 Å². The standard InChI is InChI=1S/C30H61NO2P/c1-6-8-9-10-11-12-13-14-15-16-17-18-19-20-21-22-23-24-25-26-27-29-30(28-7-2,34(32)33)31(3,4)5/h23-24H,6-22,25-29H2,1-5H3/q+1/b24-23-. The van der Waals surface area contributed by atoms with Crippen molar-refractivity contribution < 1.29 is 13.9 Å². The predicted octanol–water partition coefficient (Wildman–Crippen LogP) is 9.67. The second-order valence-electron chi connectivity index (χ2n) is 11.5. The molecule has 2 atom stereocenters. The maximum Gasteiger partial charge on any atom is 0.376 e. The first-order valence-electron chi connectivity index (χ1n) is 14.9. The van der Waals surface area contributed by atoms with E-state index < -0.39 is 13.3 Å². The van der Waals surface area contributed by atoms with Crippen molar-refractivity contribution in [3.05, 3.63) is 12.2 Å². The minimum atomic E-state index is -2.44. The fourth-order valence-electron chi connectivity index (χ4n) is 5.16. The van der Waals surface area contributed by atoms with Crippen LogP contribution in [0.15, 0.2) is 12.2 Å². The van der Waals surface area contributed by atoms with Crippen molar-refractivity contribution in [3.63, 3.8) is 0 Å². The SMILES string of the molecule is CCCCCCCCCCCCCCCCC/C=C\CCCCC(CCC)([P+](=O)[O-])[N+](C)(C)C. The molecule has 0 N–H and O–H groups in total. The Hall–Kier alpha value is -0.240. The summed E-state index contributed by atoms with van der Waals surface area (Å²) in [4.78, 5) is 12.1. The van der Waals surface area contributed by atoms with E-state index in [1.54, 1.807) is 0 Å². The van der Waals surface area contributed by atoms with E-state index >= 15 is 0 Å². The number of quaternary nitrogens is 1. The van der Waals surface area contributed by atoms with Crippen LogP contribution in [-0.4, -0.2) is 30.9 Å². The van der Waals surface area contributed by atoms with Gasteiger partial charge >= 0.3 is 8.03 Å². The third kappa shape index (κ3) is 16.4. The second kappa shape index (κ2) is 22.0. The van der Waals surface area contributed by atoms with Crippen LogP contribution in [0.1, 0.15) is 155 Å². The molecule has 0 aliphatic carbocycles. The van der Waals surface area contributed by atoms with Gasteiger partial charge in [-0.1, -0.05) is 120 Å². The molecule has 0 amide bonds. The minimum Gasteiger partial charge on any atom is -0.590 e. The van der Waals surface area contributed by atoms with Crippen molar-refractivity contribution in [2.24, 2.45) is 0 Å². The van der Waals surface area contributed by atoms with Gasteiger partial charge in [0.15, 0.2) is 0 Å². The molecule has 0 rings (SSSR count). The molecule has 0 aromatic carbocycles. The van der Waals surface area contributed by atoms with Gasteiger partial charge in [0.1, 0.15) is 0 Å². The molecular weight excluding hydrogens is 437 g/mol. The monoisotopic (exact) mass is 498 g/mol. The molecule has 0 aromatic heterocycles. The molecule has 4 heteroatoms. The molecule has 2 unspecified atom stereocenters. The molecule has 0 heterocycles. The van der Waals surface area contributed by atoms with Crippen molar-refractivity contribution in [3.8, 4) is 0 Å². The van der Waals surface area contributed by atoms with Crippen LogP contribution in [-0.2, 0) is 4.57 Å². The molecule has 0 spiro atoms. The largest absolute Gasteiger partial charge is 0.590 e. The van der Waals surface area contributed by atoms with Crippen molar-refractivity contribution in [1.82, 2.24) is 0 Å². The summed E-state index contributed by atoms with van der Waals surface area (Å²) in [5, 5.41) is -0.609. The first kappa shape index (κ1) is 33.8. The lowest BCUT2D eigenvalue weighted by atomic mass is 10.00. The molecule has 202 valence electrons. The molecule has 0 saturated heterocycles. The van der Waals surface area contributed by atoms with E-state index in [1.807, 2.05) is 21.1 Å². The summed E-state index contributed by atoms with van der Waals surface area (Å²) in [5.74, 6) is 0. The molecule has 0 aromatic rings. The Morgan fingerprint density at radius 3 is 1.32 bits per heavy atom. The van der Waals surface area contributed by atoms with Crippen molar-refractivity contribution in [1.29, 1.82) is 0 Å². The second-order valence-corrected chi connectivity index (χ2v) is 12.8. The van der Waals surface area contributed by atoms with Gasteiger partial charge in [0.2, 0.25) is 0 Å². The van der Waals surface area contributed by atoms with Crippen molar-refractivity contribution in [2.75, 3.05) is 21.1 Å². The number of hydrogen-bond donors (Lipinski definition) is 0. The molecule has 0 bridgehead atoms. The lowest BCUT2D eigenvalue weighted by Gasteiger charge is -2.39. The Morgan fingerprint density at radius 2 is 0.971 bits per heavy atom. The summed E-state index contributed by atoms with van der Waals surface area (Å²) >= 11 is 0. The van der Waals surface area contributed by atoms with E-state index in [1.165, 1.54) is 103 Å². The number of unbranched alkanes of at least 4 members (excludes halogenated alkanes) is 17. The zero-order valence-corrected chi connectivity index (χ0v) is 24.8. The maximum absolute atomic E-state index is 12.1. The van der Waals surface area contributed by atoms with Crippen molar-refractivity contribution in [2.45, 2.75) is 160 Å². The molecule has 0 fully saturated rings. The third-order valence-corrected chi connectivity index (χ3v) is 9.30. The molecule has 3 nitrogen and oxygen atoms in total. The van der Waals surface area contributed by atoms with Gasteiger partial charge in [-0.3, -0.25) is 4.48 Å². The van der Waals surface area contributed by atoms with E-state index in [9.17, 15) is 9.46 Å². The lowest BCUT2D eigenvalue weighted by Crippen LogP contribution is -2.55. The van der Waals surface area contributed by atoms with Gasteiger partial charge in [0.05, 0.1) is 21.1 Å². The highest BCUT2D eigenvalue weighted by Gasteiger charge is 2.53. The Labute approximate surface area is 215 Å². The van der Waals surface area contributed by atoms with Crippen LogP contribution in [0.2, 0.25) is 0 Å². The van der Waals surface area contributed by atoms with Gasteiger partial charge < -0.3 is 4.89 Å². The average molecular weight is 499 g/mol.